The van der Waals surface area contributed by atoms with Crippen molar-refractivity contribution in [3.63, 3.8) is 0 Å². The number of aliphatic hydroxyl groups is 1. The summed E-state index contributed by atoms with van der Waals surface area (Å²) >= 11 is 0. The quantitative estimate of drug-likeness (QED) is 0.589. The molecule has 148 valence electrons. The van der Waals surface area contributed by atoms with Crippen molar-refractivity contribution in [2.45, 2.75) is 43.2 Å². The maximum atomic E-state index is 13.7. The summed E-state index contributed by atoms with van der Waals surface area (Å²) in [6, 6.07) is 8.04. The Morgan fingerprint density at radius 2 is 2.18 bits per heavy atom. The van der Waals surface area contributed by atoms with E-state index in [2.05, 4.69) is 30.0 Å². The summed E-state index contributed by atoms with van der Waals surface area (Å²) in [6.45, 7) is 3.67. The van der Waals surface area contributed by atoms with Gasteiger partial charge in [-0.3, -0.25) is 9.69 Å². The summed E-state index contributed by atoms with van der Waals surface area (Å²) in [5.41, 5.74) is 1.56. The molecule has 2 unspecified atom stereocenters. The normalized spacial score (nSPS) is 46.6. The Morgan fingerprint density at radius 3 is 2.93 bits per heavy atom. The molecule has 4 fully saturated rings. The van der Waals surface area contributed by atoms with Gasteiger partial charge in [-0.1, -0.05) is 29.8 Å². The van der Waals surface area contributed by atoms with Crippen molar-refractivity contribution < 1.29 is 19.4 Å². The van der Waals surface area contributed by atoms with E-state index in [1.54, 1.807) is 0 Å². The van der Waals surface area contributed by atoms with Crippen molar-refractivity contribution in [1.82, 2.24) is 4.90 Å². The van der Waals surface area contributed by atoms with Crippen molar-refractivity contribution >= 4 is 11.7 Å². The van der Waals surface area contributed by atoms with Gasteiger partial charge in [-0.25, -0.2) is 0 Å². The lowest BCUT2D eigenvalue weighted by atomic mass is 9.41. The topological polar surface area (TPSA) is 62.2 Å². The Bertz CT molecular complexity index is 931. The van der Waals surface area contributed by atoms with Crippen LogP contribution in [0.15, 0.2) is 35.9 Å². The predicted octanol–water partition coefficient (Wildman–Crippen LogP) is 1.63. The van der Waals surface area contributed by atoms with E-state index in [0.29, 0.717) is 6.42 Å². The number of nitrogens with zero attached hydrogens (tertiary/aromatic N) is 2. The lowest BCUT2D eigenvalue weighted by molar-refractivity contribution is -0.287. The van der Waals surface area contributed by atoms with Crippen LogP contribution >= 0.6 is 0 Å². The molecule has 1 aromatic rings. The molecule has 28 heavy (non-hydrogen) atoms. The van der Waals surface area contributed by atoms with E-state index in [0.717, 1.165) is 30.8 Å². The number of para-hydroxylation sites is 1. The monoisotopic (exact) mass is 382 g/mol. The number of carbonyl (C=O) groups excluding carboxylic acids is 1. The van der Waals surface area contributed by atoms with E-state index < -0.39 is 22.8 Å². The molecule has 0 amide bonds. The third-order valence-corrected chi connectivity index (χ3v) is 8.50. The molecule has 3 saturated heterocycles. The molecule has 6 bridgehead atoms. The standard InChI is InChI=1S/C22H26N2O4/c1-4-13-12-24-10-9-20-14-7-5-6-8-16(14)23(2)18-21(20,19(25)27-3)15(13)11-17(24)22(20,26)28-18/h4-8,15,17-18,26H,9-12H2,1-3H3/b13-4-/t15-,17?,18-,20-,21?,22+/m0/s1. The number of rotatable bonds is 1. The molecule has 6 nitrogen and oxygen atoms in total. The molecule has 1 aromatic carbocycles. The van der Waals surface area contributed by atoms with Gasteiger partial charge in [0.2, 0.25) is 0 Å². The number of esters is 1. The van der Waals surface area contributed by atoms with E-state index in [9.17, 15) is 9.90 Å². The number of carbonyl (C=O) groups is 1. The number of piperidine rings is 2. The highest BCUT2D eigenvalue weighted by Gasteiger charge is 2.88. The summed E-state index contributed by atoms with van der Waals surface area (Å²) in [5, 5.41) is 12.2. The highest BCUT2D eigenvalue weighted by atomic mass is 16.7. The highest BCUT2D eigenvalue weighted by Crippen LogP contribution is 2.76. The van der Waals surface area contributed by atoms with Gasteiger partial charge in [-0.05, 0) is 31.4 Å². The fraction of sp³-hybridized carbons (Fsp3) is 0.591. The summed E-state index contributed by atoms with van der Waals surface area (Å²) < 4.78 is 12.0. The van der Waals surface area contributed by atoms with Crippen molar-refractivity contribution in [2.75, 3.05) is 32.1 Å². The van der Waals surface area contributed by atoms with E-state index in [1.807, 2.05) is 24.1 Å². The van der Waals surface area contributed by atoms with Crippen LogP contribution in [0.3, 0.4) is 0 Å². The maximum absolute atomic E-state index is 13.7. The van der Waals surface area contributed by atoms with Gasteiger partial charge in [0.1, 0.15) is 5.41 Å². The van der Waals surface area contributed by atoms with Crippen LogP contribution in [0.5, 0.6) is 0 Å². The minimum Gasteiger partial charge on any atom is -0.468 e. The molecular weight excluding hydrogens is 356 g/mol. The molecule has 6 atom stereocenters. The second-order valence-electron chi connectivity index (χ2n) is 8.95. The Hall–Kier alpha value is -1.89. The average molecular weight is 382 g/mol. The molecule has 1 spiro atoms. The van der Waals surface area contributed by atoms with Crippen LogP contribution in [-0.4, -0.2) is 61.3 Å². The zero-order valence-corrected chi connectivity index (χ0v) is 16.5. The number of fused-ring (bicyclic) bond motifs is 2. The second kappa shape index (κ2) is 4.99. The van der Waals surface area contributed by atoms with Crippen molar-refractivity contribution in [1.29, 1.82) is 0 Å². The second-order valence-corrected chi connectivity index (χ2v) is 8.95. The highest BCUT2D eigenvalue weighted by molar-refractivity contribution is 5.87. The maximum Gasteiger partial charge on any atom is 0.318 e. The molecule has 4 aliphatic heterocycles. The van der Waals surface area contributed by atoms with Crippen molar-refractivity contribution in [3.8, 4) is 0 Å². The largest absolute Gasteiger partial charge is 0.468 e. The van der Waals surface area contributed by atoms with Crippen LogP contribution in [0, 0.1) is 11.3 Å². The molecule has 6 heteroatoms. The lowest BCUT2D eigenvalue weighted by Gasteiger charge is -2.67. The van der Waals surface area contributed by atoms with Gasteiger partial charge in [0.15, 0.2) is 12.0 Å². The first-order chi connectivity index (χ1) is 13.5. The zero-order valence-electron chi connectivity index (χ0n) is 16.5. The molecule has 4 heterocycles. The van der Waals surface area contributed by atoms with E-state index in [-0.39, 0.29) is 17.9 Å². The molecule has 5 aliphatic rings. The van der Waals surface area contributed by atoms with E-state index in [4.69, 9.17) is 9.47 Å². The lowest BCUT2D eigenvalue weighted by Crippen LogP contribution is -2.80. The van der Waals surface area contributed by atoms with Crippen LogP contribution in [-0.2, 0) is 19.7 Å². The van der Waals surface area contributed by atoms with E-state index in [1.165, 1.54) is 12.7 Å². The number of benzene rings is 1. The van der Waals surface area contributed by atoms with Gasteiger partial charge < -0.3 is 19.5 Å². The van der Waals surface area contributed by atoms with Gasteiger partial charge in [0, 0.05) is 31.7 Å². The van der Waals surface area contributed by atoms with Gasteiger partial charge in [-0.2, -0.15) is 0 Å². The number of allylic oxidation sites excluding steroid dienone is 1. The first kappa shape index (κ1) is 17.0. The summed E-state index contributed by atoms with van der Waals surface area (Å²) in [7, 11) is 3.43. The third-order valence-electron chi connectivity index (χ3n) is 8.50. The van der Waals surface area contributed by atoms with Crippen molar-refractivity contribution in [3.05, 3.63) is 41.5 Å². The predicted molar refractivity (Wildman–Crippen MR) is 103 cm³/mol. The summed E-state index contributed by atoms with van der Waals surface area (Å²) in [4.78, 5) is 18.1. The Balaban J connectivity index is 1.78. The minimum atomic E-state index is -1.40. The van der Waals surface area contributed by atoms with Gasteiger partial charge in [0.25, 0.3) is 0 Å². The average Bonchev–Trinajstić information content (AvgIpc) is 2.84. The van der Waals surface area contributed by atoms with Crippen LogP contribution in [0.25, 0.3) is 0 Å². The first-order valence-corrected chi connectivity index (χ1v) is 10.2. The number of anilines is 1. The number of hydrogen-bond donors (Lipinski definition) is 1. The van der Waals surface area contributed by atoms with E-state index >= 15 is 0 Å². The molecule has 0 aromatic heterocycles. The molecule has 1 N–H and O–H groups in total. The Kier molecular flexibility index (Phi) is 3.03. The van der Waals surface area contributed by atoms with Crippen LogP contribution in [0.2, 0.25) is 0 Å². The number of ether oxygens (including phenoxy) is 2. The first-order valence-electron chi connectivity index (χ1n) is 10.2. The summed E-state index contributed by atoms with van der Waals surface area (Å²) in [5.74, 6) is -1.66. The van der Waals surface area contributed by atoms with Crippen molar-refractivity contribution in [2.24, 2.45) is 11.3 Å². The molecule has 6 rings (SSSR count). The molecule has 1 saturated carbocycles. The smallest absolute Gasteiger partial charge is 0.318 e. The van der Waals surface area contributed by atoms with Gasteiger partial charge in [0.05, 0.1) is 18.6 Å². The molecule has 1 aliphatic carbocycles. The minimum absolute atomic E-state index is 0.00455. The van der Waals surface area contributed by atoms with Gasteiger partial charge in [-0.15, -0.1) is 0 Å². The summed E-state index contributed by atoms with van der Waals surface area (Å²) in [6.07, 6.45) is 3.01. The third kappa shape index (κ3) is 1.39. The van der Waals surface area contributed by atoms with Crippen LogP contribution in [0.1, 0.15) is 25.3 Å². The zero-order chi connectivity index (χ0) is 19.5. The Labute approximate surface area is 164 Å². The fourth-order valence-corrected chi connectivity index (χ4v) is 7.58. The molecular formula is C22H26N2O4. The SMILES string of the molecule is C/C=C1/CN2CC[C@@]34c5ccccc5N(C)[C@H]5O[C@]3(O)C2C[C@@H]1C54C(=O)OC. The van der Waals surface area contributed by atoms with Crippen LogP contribution < -0.4 is 4.90 Å². The van der Waals surface area contributed by atoms with Gasteiger partial charge >= 0.3 is 5.97 Å². The number of hydrogen-bond acceptors (Lipinski definition) is 6. The Morgan fingerprint density at radius 1 is 1.39 bits per heavy atom. The fourth-order valence-electron chi connectivity index (χ4n) is 7.58. The molecule has 0 radical (unpaired) electrons. The number of methoxy groups -OCH3 is 1. The van der Waals surface area contributed by atoms with Crippen LogP contribution in [0.4, 0.5) is 5.69 Å².